The molecule has 128 valence electrons. The van der Waals surface area contributed by atoms with Crippen molar-refractivity contribution in [2.45, 2.75) is 38.0 Å². The average molecular weight is 326 g/mol. The summed E-state index contributed by atoms with van der Waals surface area (Å²) in [6.45, 7) is 6.00. The zero-order chi connectivity index (χ0) is 16.6. The van der Waals surface area contributed by atoms with Crippen LogP contribution < -0.4 is 5.32 Å². The standard InChI is InChI=1S/C19H26N4O/c1-15-4-3-5-16(8-15)21-17-9-19(24-12-17)6-7-23(13-19)11-18-10-20-14-22(18)2/h3-5,8,10,14,17,21H,6-7,9,11-13H2,1-2H3/t17-,19+/m0/s1. The predicted octanol–water partition coefficient (Wildman–Crippen LogP) is 2.57. The minimum absolute atomic E-state index is 0.0279. The molecule has 4 rings (SSSR count). The fraction of sp³-hybridized carbons (Fsp3) is 0.526. The molecule has 5 heteroatoms. The van der Waals surface area contributed by atoms with E-state index in [9.17, 15) is 0 Å². The van der Waals surface area contributed by atoms with Crippen LogP contribution in [0.15, 0.2) is 36.8 Å². The Hall–Kier alpha value is -1.85. The van der Waals surface area contributed by atoms with Crippen LogP contribution in [0.3, 0.4) is 0 Å². The molecule has 24 heavy (non-hydrogen) atoms. The first-order chi connectivity index (χ1) is 11.6. The van der Waals surface area contributed by atoms with Gasteiger partial charge in [0.1, 0.15) is 0 Å². The number of aromatic nitrogens is 2. The molecule has 2 saturated heterocycles. The van der Waals surface area contributed by atoms with Crippen molar-refractivity contribution in [3.63, 3.8) is 0 Å². The predicted molar refractivity (Wildman–Crippen MR) is 95.0 cm³/mol. The van der Waals surface area contributed by atoms with Gasteiger partial charge in [-0.05, 0) is 31.0 Å². The van der Waals surface area contributed by atoms with Gasteiger partial charge in [0.25, 0.3) is 0 Å². The Morgan fingerprint density at radius 2 is 2.33 bits per heavy atom. The number of nitrogens with one attached hydrogen (secondary N) is 1. The van der Waals surface area contributed by atoms with Gasteiger partial charge in [0.15, 0.2) is 0 Å². The molecule has 0 unspecified atom stereocenters. The van der Waals surface area contributed by atoms with Crippen molar-refractivity contribution >= 4 is 5.69 Å². The number of rotatable bonds is 4. The van der Waals surface area contributed by atoms with Crippen LogP contribution in [0.5, 0.6) is 0 Å². The van der Waals surface area contributed by atoms with E-state index in [-0.39, 0.29) is 5.60 Å². The van der Waals surface area contributed by atoms with Gasteiger partial charge in [-0.3, -0.25) is 4.90 Å². The summed E-state index contributed by atoms with van der Waals surface area (Å²) < 4.78 is 8.37. The van der Waals surface area contributed by atoms with Gasteiger partial charge in [0.2, 0.25) is 0 Å². The summed E-state index contributed by atoms with van der Waals surface area (Å²) in [5, 5.41) is 3.64. The molecule has 2 atom stereocenters. The average Bonchev–Trinajstić information content (AvgIpc) is 3.24. The molecule has 1 N–H and O–H groups in total. The number of anilines is 1. The second kappa shape index (κ2) is 6.22. The van der Waals surface area contributed by atoms with Crippen LogP contribution in [0.4, 0.5) is 5.69 Å². The van der Waals surface area contributed by atoms with Crippen LogP contribution in [0.25, 0.3) is 0 Å². The quantitative estimate of drug-likeness (QED) is 0.938. The lowest BCUT2D eigenvalue weighted by molar-refractivity contribution is 0.0118. The number of imidazole rings is 1. The first-order valence-electron chi connectivity index (χ1n) is 8.77. The number of aryl methyl sites for hydroxylation is 2. The van der Waals surface area contributed by atoms with Crippen molar-refractivity contribution in [3.8, 4) is 0 Å². The lowest BCUT2D eigenvalue weighted by Crippen LogP contribution is -2.33. The second-order valence-corrected chi connectivity index (χ2v) is 7.37. The first-order valence-corrected chi connectivity index (χ1v) is 8.77. The van der Waals surface area contributed by atoms with Gasteiger partial charge in [-0.1, -0.05) is 12.1 Å². The molecule has 0 amide bonds. The van der Waals surface area contributed by atoms with E-state index in [4.69, 9.17) is 4.74 Å². The SMILES string of the molecule is Cc1cccc(N[C@@H]2CO[C@]3(CCN(Cc4cncn4C)C3)C2)c1. The number of ether oxygens (including phenoxy) is 1. The molecule has 2 aromatic rings. The zero-order valence-corrected chi connectivity index (χ0v) is 14.5. The molecule has 0 saturated carbocycles. The van der Waals surface area contributed by atoms with Crippen molar-refractivity contribution in [1.29, 1.82) is 0 Å². The van der Waals surface area contributed by atoms with E-state index in [2.05, 4.69) is 58.0 Å². The van der Waals surface area contributed by atoms with Crippen molar-refractivity contribution in [1.82, 2.24) is 14.5 Å². The van der Waals surface area contributed by atoms with Crippen LogP contribution >= 0.6 is 0 Å². The number of nitrogens with zero attached hydrogens (tertiary/aromatic N) is 3. The summed E-state index contributed by atoms with van der Waals surface area (Å²) in [4.78, 5) is 6.71. The Kier molecular flexibility index (Phi) is 4.06. The summed E-state index contributed by atoms with van der Waals surface area (Å²) in [5.41, 5.74) is 3.78. The molecule has 0 aliphatic carbocycles. The monoisotopic (exact) mass is 326 g/mol. The van der Waals surface area contributed by atoms with Crippen LogP contribution in [0.2, 0.25) is 0 Å². The minimum Gasteiger partial charge on any atom is -0.380 e. The molecule has 0 bridgehead atoms. The highest BCUT2D eigenvalue weighted by molar-refractivity contribution is 5.46. The summed E-state index contributed by atoms with van der Waals surface area (Å²) in [5.74, 6) is 0. The second-order valence-electron chi connectivity index (χ2n) is 7.37. The summed E-state index contributed by atoms with van der Waals surface area (Å²) in [7, 11) is 2.06. The van der Waals surface area contributed by atoms with Crippen molar-refractivity contribution in [3.05, 3.63) is 48.0 Å². The van der Waals surface area contributed by atoms with Crippen LogP contribution in [-0.4, -0.2) is 45.8 Å². The van der Waals surface area contributed by atoms with Crippen LogP contribution in [0.1, 0.15) is 24.1 Å². The Labute approximate surface area is 143 Å². The third kappa shape index (κ3) is 3.19. The first kappa shape index (κ1) is 15.7. The molecule has 5 nitrogen and oxygen atoms in total. The van der Waals surface area contributed by atoms with E-state index in [1.807, 2.05) is 12.5 Å². The van der Waals surface area contributed by atoms with Gasteiger partial charge < -0.3 is 14.6 Å². The van der Waals surface area contributed by atoms with Crippen molar-refractivity contribution in [2.24, 2.45) is 7.05 Å². The van der Waals surface area contributed by atoms with E-state index < -0.39 is 0 Å². The summed E-state index contributed by atoms with van der Waals surface area (Å²) in [6, 6.07) is 8.98. The normalized spacial score (nSPS) is 27.2. The number of likely N-dealkylation sites (tertiary alicyclic amines) is 1. The van der Waals surface area contributed by atoms with Crippen molar-refractivity contribution in [2.75, 3.05) is 25.0 Å². The van der Waals surface area contributed by atoms with E-state index in [0.29, 0.717) is 6.04 Å². The van der Waals surface area contributed by atoms with Gasteiger partial charge in [0.05, 0.1) is 30.3 Å². The van der Waals surface area contributed by atoms with E-state index in [1.54, 1.807) is 0 Å². The Morgan fingerprint density at radius 3 is 3.12 bits per heavy atom. The smallest absolute Gasteiger partial charge is 0.0945 e. The molecule has 1 spiro atoms. The molecule has 2 fully saturated rings. The molecule has 2 aliphatic heterocycles. The minimum atomic E-state index is 0.0279. The van der Waals surface area contributed by atoms with Crippen molar-refractivity contribution < 1.29 is 4.74 Å². The number of hydrogen-bond acceptors (Lipinski definition) is 4. The molecule has 3 heterocycles. The molecule has 0 radical (unpaired) electrons. The molecule has 1 aromatic carbocycles. The summed E-state index contributed by atoms with van der Waals surface area (Å²) >= 11 is 0. The molecule has 1 aromatic heterocycles. The maximum atomic E-state index is 6.27. The lowest BCUT2D eigenvalue weighted by Gasteiger charge is -2.23. The molecular weight excluding hydrogens is 300 g/mol. The topological polar surface area (TPSA) is 42.3 Å². The van der Waals surface area contributed by atoms with Gasteiger partial charge >= 0.3 is 0 Å². The maximum Gasteiger partial charge on any atom is 0.0945 e. The highest BCUT2D eigenvalue weighted by Crippen LogP contribution is 2.36. The van der Waals surface area contributed by atoms with Crippen LogP contribution in [-0.2, 0) is 18.3 Å². The highest BCUT2D eigenvalue weighted by Gasteiger charge is 2.45. The largest absolute Gasteiger partial charge is 0.380 e. The van der Waals surface area contributed by atoms with E-state index >= 15 is 0 Å². The number of hydrogen-bond donors (Lipinski definition) is 1. The van der Waals surface area contributed by atoms with Crippen LogP contribution in [0, 0.1) is 6.92 Å². The van der Waals surface area contributed by atoms with Gasteiger partial charge in [-0.15, -0.1) is 0 Å². The van der Waals surface area contributed by atoms with Gasteiger partial charge in [-0.2, -0.15) is 0 Å². The molecule has 2 aliphatic rings. The maximum absolute atomic E-state index is 6.27. The van der Waals surface area contributed by atoms with Gasteiger partial charge in [0, 0.05) is 45.0 Å². The third-order valence-corrected chi connectivity index (χ3v) is 5.30. The molecular formula is C19H26N4O. The fourth-order valence-corrected chi connectivity index (χ4v) is 4.02. The third-order valence-electron chi connectivity index (χ3n) is 5.30. The highest BCUT2D eigenvalue weighted by atomic mass is 16.5. The number of benzene rings is 1. The Morgan fingerprint density at radius 1 is 1.42 bits per heavy atom. The van der Waals surface area contributed by atoms with E-state index in [0.717, 1.165) is 39.1 Å². The van der Waals surface area contributed by atoms with E-state index in [1.165, 1.54) is 16.9 Å². The zero-order valence-electron chi connectivity index (χ0n) is 14.5. The Balaban J connectivity index is 1.35. The van der Waals surface area contributed by atoms with Gasteiger partial charge in [-0.25, -0.2) is 4.98 Å². The Bertz CT molecular complexity index is 713. The lowest BCUT2D eigenvalue weighted by atomic mass is 9.97. The fourth-order valence-electron chi connectivity index (χ4n) is 4.02. The summed E-state index contributed by atoms with van der Waals surface area (Å²) in [6.07, 6.45) is 6.04.